The quantitative estimate of drug-likeness (QED) is 0.326. The minimum absolute atomic E-state index is 0.308. The van der Waals surface area contributed by atoms with E-state index in [1.54, 1.807) is 20.3 Å². The molecule has 0 amide bonds. The molecule has 0 spiro atoms. The Bertz CT molecular complexity index is 1050. The standard InChI is InChI=1S/C21H16N4O2/c1-26-18-7-3-14(4-8-18)16-11-17(13-22)21(24-25-23)20(12-16)15-5-9-19(27-2)10-6-15/h3-12H,1-2H3. The lowest BCUT2D eigenvalue weighted by molar-refractivity contribution is 0.415. The third-order valence-corrected chi connectivity index (χ3v) is 4.20. The van der Waals surface area contributed by atoms with E-state index in [4.69, 9.17) is 15.0 Å². The number of hydrogen-bond donors (Lipinski definition) is 0. The molecule has 0 heterocycles. The van der Waals surface area contributed by atoms with Crippen LogP contribution in [0.3, 0.4) is 0 Å². The number of nitrogens with zero attached hydrogens (tertiary/aromatic N) is 4. The van der Waals surface area contributed by atoms with Crippen molar-refractivity contribution in [3.05, 3.63) is 76.7 Å². The number of nitriles is 1. The molecule has 0 aliphatic heterocycles. The highest BCUT2D eigenvalue weighted by molar-refractivity contribution is 5.85. The molecule has 0 unspecified atom stereocenters. The minimum Gasteiger partial charge on any atom is -0.497 e. The van der Waals surface area contributed by atoms with Gasteiger partial charge in [0, 0.05) is 4.91 Å². The van der Waals surface area contributed by atoms with Crippen molar-refractivity contribution in [1.82, 2.24) is 0 Å². The average Bonchev–Trinajstić information content (AvgIpc) is 2.74. The van der Waals surface area contributed by atoms with E-state index < -0.39 is 0 Å². The van der Waals surface area contributed by atoms with Gasteiger partial charge in [0.05, 0.1) is 31.5 Å². The smallest absolute Gasteiger partial charge is 0.118 e. The second kappa shape index (κ2) is 7.96. The molecule has 0 aromatic heterocycles. The Morgan fingerprint density at radius 2 is 1.41 bits per heavy atom. The highest BCUT2D eigenvalue weighted by atomic mass is 16.5. The Morgan fingerprint density at radius 3 is 1.89 bits per heavy atom. The molecule has 0 bridgehead atoms. The van der Waals surface area contributed by atoms with Gasteiger partial charge in [0.2, 0.25) is 0 Å². The van der Waals surface area contributed by atoms with E-state index in [1.807, 2.05) is 54.6 Å². The van der Waals surface area contributed by atoms with E-state index in [-0.39, 0.29) is 0 Å². The van der Waals surface area contributed by atoms with Crippen LogP contribution in [0.2, 0.25) is 0 Å². The minimum atomic E-state index is 0.308. The Kier molecular flexibility index (Phi) is 5.27. The van der Waals surface area contributed by atoms with Crippen LogP contribution in [0.15, 0.2) is 65.8 Å². The summed E-state index contributed by atoms with van der Waals surface area (Å²) in [7, 11) is 3.21. The molecule has 3 aromatic carbocycles. The lowest BCUT2D eigenvalue weighted by atomic mass is 9.94. The molecule has 27 heavy (non-hydrogen) atoms. The first kappa shape index (κ1) is 17.9. The zero-order valence-corrected chi connectivity index (χ0v) is 14.9. The summed E-state index contributed by atoms with van der Waals surface area (Å²) < 4.78 is 10.4. The summed E-state index contributed by atoms with van der Waals surface area (Å²) in [6, 6.07) is 20.7. The van der Waals surface area contributed by atoms with Crippen molar-refractivity contribution in [3.63, 3.8) is 0 Å². The number of azide groups is 1. The summed E-state index contributed by atoms with van der Waals surface area (Å²) in [6.07, 6.45) is 0. The Hall–Kier alpha value is -3.94. The van der Waals surface area contributed by atoms with Crippen molar-refractivity contribution in [2.24, 2.45) is 5.11 Å². The second-order valence-electron chi connectivity index (χ2n) is 5.68. The molecule has 3 rings (SSSR count). The molecule has 0 aliphatic rings. The Morgan fingerprint density at radius 1 is 0.852 bits per heavy atom. The number of hydrogen-bond acceptors (Lipinski definition) is 4. The van der Waals surface area contributed by atoms with Crippen LogP contribution in [-0.2, 0) is 0 Å². The van der Waals surface area contributed by atoms with Crippen LogP contribution in [0.25, 0.3) is 32.7 Å². The lowest BCUT2D eigenvalue weighted by Crippen LogP contribution is -1.89. The van der Waals surface area contributed by atoms with Gasteiger partial charge in [0.1, 0.15) is 11.5 Å². The predicted molar refractivity (Wildman–Crippen MR) is 104 cm³/mol. The summed E-state index contributed by atoms with van der Waals surface area (Å²) in [6.45, 7) is 0. The van der Waals surface area contributed by atoms with Gasteiger partial charge in [-0.2, -0.15) is 5.26 Å². The maximum atomic E-state index is 9.58. The molecule has 6 nitrogen and oxygen atoms in total. The SMILES string of the molecule is COc1ccc(-c2cc(C#N)c(N=[N+]=[N-])c(-c3ccc(OC)cc3)c2)cc1. The van der Waals surface area contributed by atoms with Gasteiger partial charge in [-0.25, -0.2) is 0 Å². The fourth-order valence-electron chi connectivity index (χ4n) is 2.81. The Balaban J connectivity index is 2.21. The van der Waals surface area contributed by atoms with Gasteiger partial charge in [-0.3, -0.25) is 0 Å². The van der Waals surface area contributed by atoms with Crippen molar-refractivity contribution < 1.29 is 9.47 Å². The van der Waals surface area contributed by atoms with Crippen LogP contribution < -0.4 is 9.47 Å². The monoisotopic (exact) mass is 356 g/mol. The number of ether oxygens (including phenoxy) is 2. The zero-order chi connectivity index (χ0) is 19.2. The largest absolute Gasteiger partial charge is 0.497 e. The summed E-state index contributed by atoms with van der Waals surface area (Å²) in [5.74, 6) is 1.47. The maximum absolute atomic E-state index is 9.58. The molecule has 0 saturated heterocycles. The molecule has 6 heteroatoms. The van der Waals surface area contributed by atoms with E-state index in [0.29, 0.717) is 16.8 Å². The van der Waals surface area contributed by atoms with E-state index in [2.05, 4.69) is 16.1 Å². The molecular weight excluding hydrogens is 340 g/mol. The van der Waals surface area contributed by atoms with Gasteiger partial charge in [0.25, 0.3) is 0 Å². The predicted octanol–water partition coefficient (Wildman–Crippen LogP) is 5.85. The average molecular weight is 356 g/mol. The van der Waals surface area contributed by atoms with Gasteiger partial charge in [-0.1, -0.05) is 29.4 Å². The molecule has 0 atom stereocenters. The van der Waals surface area contributed by atoms with Gasteiger partial charge in [0.15, 0.2) is 0 Å². The van der Waals surface area contributed by atoms with Crippen LogP contribution in [0.5, 0.6) is 11.5 Å². The molecule has 0 radical (unpaired) electrons. The highest BCUT2D eigenvalue weighted by Crippen LogP contribution is 2.38. The first-order valence-corrected chi connectivity index (χ1v) is 8.12. The van der Waals surface area contributed by atoms with Crippen LogP contribution in [0.4, 0.5) is 5.69 Å². The van der Waals surface area contributed by atoms with Crippen LogP contribution in [0, 0.1) is 11.3 Å². The van der Waals surface area contributed by atoms with Gasteiger partial charge in [-0.05, 0) is 64.2 Å². The van der Waals surface area contributed by atoms with Crippen molar-refractivity contribution in [2.45, 2.75) is 0 Å². The first-order chi connectivity index (χ1) is 13.2. The zero-order valence-electron chi connectivity index (χ0n) is 14.9. The highest BCUT2D eigenvalue weighted by Gasteiger charge is 2.13. The third-order valence-electron chi connectivity index (χ3n) is 4.20. The van der Waals surface area contributed by atoms with Crippen molar-refractivity contribution in [1.29, 1.82) is 5.26 Å². The van der Waals surface area contributed by atoms with E-state index in [9.17, 15) is 5.26 Å². The number of methoxy groups -OCH3 is 2. The number of benzene rings is 3. The Labute approximate surface area is 156 Å². The lowest BCUT2D eigenvalue weighted by Gasteiger charge is -2.12. The van der Waals surface area contributed by atoms with Crippen LogP contribution in [-0.4, -0.2) is 14.2 Å². The van der Waals surface area contributed by atoms with Gasteiger partial charge in [-0.15, -0.1) is 0 Å². The first-order valence-electron chi connectivity index (χ1n) is 8.12. The summed E-state index contributed by atoms with van der Waals surface area (Å²) in [4.78, 5) is 2.89. The van der Waals surface area contributed by atoms with Gasteiger partial charge < -0.3 is 9.47 Å². The maximum Gasteiger partial charge on any atom is 0.118 e. The fraction of sp³-hybridized carbons (Fsp3) is 0.0952. The summed E-state index contributed by atoms with van der Waals surface area (Å²) in [5.41, 5.74) is 12.8. The molecule has 3 aromatic rings. The molecule has 132 valence electrons. The fourth-order valence-corrected chi connectivity index (χ4v) is 2.81. The molecule has 0 saturated carbocycles. The third kappa shape index (κ3) is 3.69. The topological polar surface area (TPSA) is 91.0 Å². The molecular formula is C21H16N4O2. The van der Waals surface area contributed by atoms with Crippen LogP contribution in [0.1, 0.15) is 5.56 Å². The van der Waals surface area contributed by atoms with E-state index in [0.717, 1.165) is 28.2 Å². The van der Waals surface area contributed by atoms with E-state index in [1.165, 1.54) is 0 Å². The van der Waals surface area contributed by atoms with Crippen LogP contribution >= 0.6 is 0 Å². The molecule has 0 fully saturated rings. The van der Waals surface area contributed by atoms with E-state index >= 15 is 0 Å². The molecule has 0 N–H and O–H groups in total. The number of rotatable bonds is 5. The summed E-state index contributed by atoms with van der Waals surface area (Å²) >= 11 is 0. The van der Waals surface area contributed by atoms with Crippen molar-refractivity contribution in [2.75, 3.05) is 14.2 Å². The second-order valence-corrected chi connectivity index (χ2v) is 5.68. The normalized spacial score (nSPS) is 9.81. The summed E-state index contributed by atoms with van der Waals surface area (Å²) in [5, 5.41) is 13.3. The van der Waals surface area contributed by atoms with Gasteiger partial charge >= 0.3 is 0 Å². The molecule has 0 aliphatic carbocycles. The van der Waals surface area contributed by atoms with Crippen molar-refractivity contribution >= 4 is 5.69 Å². The van der Waals surface area contributed by atoms with Crippen molar-refractivity contribution in [3.8, 4) is 39.8 Å².